The van der Waals surface area contributed by atoms with Gasteiger partial charge in [0.2, 0.25) is 0 Å². The van der Waals surface area contributed by atoms with Crippen LogP contribution >= 0.6 is 0 Å². The van der Waals surface area contributed by atoms with E-state index in [2.05, 4.69) is 36.5 Å². The van der Waals surface area contributed by atoms with Crippen molar-refractivity contribution >= 4 is 11.6 Å². The van der Waals surface area contributed by atoms with Crippen LogP contribution in [0.3, 0.4) is 0 Å². The third-order valence-corrected chi connectivity index (χ3v) is 5.68. The Morgan fingerprint density at radius 1 is 0.871 bits per heavy atom. The number of amides is 1. The molecule has 31 heavy (non-hydrogen) atoms. The number of hydrogen-bond donors (Lipinski definition) is 1. The molecule has 1 aliphatic rings. The van der Waals surface area contributed by atoms with Gasteiger partial charge < -0.3 is 15.0 Å². The number of unbranched alkanes of at least 4 members (excludes halogenated alkanes) is 3. The van der Waals surface area contributed by atoms with Gasteiger partial charge in [-0.1, -0.05) is 80.8 Å². The molecule has 3 aromatic carbocycles. The minimum atomic E-state index is -0.235. The van der Waals surface area contributed by atoms with E-state index in [1.54, 1.807) is 0 Å². The molecular weight excluding hydrogens is 384 g/mol. The van der Waals surface area contributed by atoms with Crippen LogP contribution in [0.5, 0.6) is 5.75 Å². The first kappa shape index (κ1) is 21.0. The van der Waals surface area contributed by atoms with Crippen molar-refractivity contribution in [3.8, 4) is 5.75 Å². The van der Waals surface area contributed by atoms with E-state index in [4.69, 9.17) is 4.74 Å². The molecule has 160 valence electrons. The molecule has 1 aliphatic heterocycles. The first-order valence-electron chi connectivity index (χ1n) is 11.2. The minimum absolute atomic E-state index is 0.0412. The van der Waals surface area contributed by atoms with Gasteiger partial charge in [-0.3, -0.25) is 4.79 Å². The molecule has 3 aromatic rings. The summed E-state index contributed by atoms with van der Waals surface area (Å²) in [6, 6.07) is 25.9. The Morgan fingerprint density at radius 3 is 2.39 bits per heavy atom. The number of hydrogen-bond acceptors (Lipinski definition) is 3. The highest BCUT2D eigenvalue weighted by Crippen LogP contribution is 2.34. The molecule has 0 bridgehead atoms. The highest BCUT2D eigenvalue weighted by molar-refractivity contribution is 6.01. The molecule has 1 heterocycles. The van der Waals surface area contributed by atoms with Crippen molar-refractivity contribution in [3.63, 3.8) is 0 Å². The van der Waals surface area contributed by atoms with Gasteiger partial charge in [0.1, 0.15) is 11.9 Å². The summed E-state index contributed by atoms with van der Waals surface area (Å²) in [4.78, 5) is 15.3. The van der Waals surface area contributed by atoms with E-state index in [0.29, 0.717) is 12.1 Å². The van der Waals surface area contributed by atoms with Crippen LogP contribution in [0.2, 0.25) is 0 Å². The molecule has 0 saturated heterocycles. The summed E-state index contributed by atoms with van der Waals surface area (Å²) in [6.45, 7) is 3.50. The molecule has 4 heteroatoms. The Morgan fingerprint density at radius 2 is 1.61 bits per heavy atom. The predicted octanol–water partition coefficient (Wildman–Crippen LogP) is 6.41. The first-order valence-corrected chi connectivity index (χ1v) is 11.2. The second-order valence-electron chi connectivity index (χ2n) is 7.99. The molecule has 0 radical (unpaired) electrons. The quantitative estimate of drug-likeness (QED) is 0.411. The maximum atomic E-state index is 13.4. The summed E-state index contributed by atoms with van der Waals surface area (Å²) in [6.07, 6.45) is 4.53. The predicted molar refractivity (Wildman–Crippen MR) is 125 cm³/mol. The second kappa shape index (κ2) is 10.2. The summed E-state index contributed by atoms with van der Waals surface area (Å²) >= 11 is 0. The number of nitrogens with zero attached hydrogens (tertiary/aromatic N) is 1. The number of fused-ring (bicyclic) bond motifs is 1. The van der Waals surface area contributed by atoms with Gasteiger partial charge in [0, 0.05) is 12.2 Å². The minimum Gasteiger partial charge on any atom is -0.494 e. The fourth-order valence-electron chi connectivity index (χ4n) is 3.96. The lowest BCUT2D eigenvalue weighted by Gasteiger charge is -2.38. The Bertz CT molecular complexity index is 986. The fourth-order valence-corrected chi connectivity index (χ4v) is 3.96. The topological polar surface area (TPSA) is 41.6 Å². The zero-order valence-electron chi connectivity index (χ0n) is 18.1. The van der Waals surface area contributed by atoms with Crippen molar-refractivity contribution in [3.05, 3.63) is 95.6 Å². The first-order chi connectivity index (χ1) is 15.3. The summed E-state index contributed by atoms with van der Waals surface area (Å²) < 4.78 is 5.89. The number of para-hydroxylation sites is 1. The Hall–Kier alpha value is -3.27. The molecule has 4 nitrogen and oxygen atoms in total. The van der Waals surface area contributed by atoms with Gasteiger partial charge in [0.05, 0.1) is 12.2 Å². The molecule has 0 saturated carbocycles. The van der Waals surface area contributed by atoms with E-state index in [-0.39, 0.29) is 12.1 Å². The third kappa shape index (κ3) is 5.08. The number of nitrogens with one attached hydrogen (secondary N) is 1. The number of carbonyl (C=O) groups excluding carboxylic acids is 1. The van der Waals surface area contributed by atoms with E-state index in [0.717, 1.165) is 35.6 Å². The molecule has 1 amide bonds. The summed E-state index contributed by atoms with van der Waals surface area (Å²) in [5.41, 5.74) is 3.73. The maximum absolute atomic E-state index is 13.4. The Balaban J connectivity index is 1.53. The van der Waals surface area contributed by atoms with Crippen molar-refractivity contribution in [2.45, 2.75) is 45.3 Å². The molecule has 1 unspecified atom stereocenters. The van der Waals surface area contributed by atoms with E-state index >= 15 is 0 Å². The standard InChI is InChI=1S/C27H30N2O2/c1-2-3-4-10-19-31-23-17-15-22(16-18-23)26-28-25-14-9-8-13-24(25)27(30)29(26)20-21-11-6-5-7-12-21/h5-9,11-18,26,28H,2-4,10,19-20H2,1H3. The molecule has 4 rings (SSSR count). The lowest BCUT2D eigenvalue weighted by Crippen LogP contribution is -2.42. The molecule has 0 fully saturated rings. The summed E-state index contributed by atoms with van der Waals surface area (Å²) in [5.74, 6) is 0.914. The lowest BCUT2D eigenvalue weighted by atomic mass is 10.0. The summed E-state index contributed by atoms with van der Waals surface area (Å²) in [5, 5.41) is 3.56. The van der Waals surface area contributed by atoms with Crippen molar-refractivity contribution in [1.82, 2.24) is 4.90 Å². The molecular formula is C27H30N2O2. The SMILES string of the molecule is CCCCCCOc1ccc(C2Nc3ccccc3C(=O)N2Cc2ccccc2)cc1. The van der Waals surface area contributed by atoms with Gasteiger partial charge in [-0.25, -0.2) is 0 Å². The fraction of sp³-hybridized carbons (Fsp3) is 0.296. The zero-order valence-corrected chi connectivity index (χ0v) is 18.1. The van der Waals surface area contributed by atoms with E-state index < -0.39 is 0 Å². The van der Waals surface area contributed by atoms with Gasteiger partial charge in [0.15, 0.2) is 0 Å². The summed E-state index contributed by atoms with van der Waals surface area (Å²) in [7, 11) is 0. The normalized spacial score (nSPS) is 15.3. The zero-order chi connectivity index (χ0) is 21.5. The van der Waals surface area contributed by atoms with E-state index in [1.165, 1.54) is 19.3 Å². The smallest absolute Gasteiger partial charge is 0.258 e. The average Bonchev–Trinajstić information content (AvgIpc) is 2.82. The second-order valence-corrected chi connectivity index (χ2v) is 7.99. The van der Waals surface area contributed by atoms with Crippen molar-refractivity contribution < 1.29 is 9.53 Å². The van der Waals surface area contributed by atoms with Crippen LogP contribution in [-0.2, 0) is 6.54 Å². The third-order valence-electron chi connectivity index (χ3n) is 5.68. The molecule has 0 aliphatic carbocycles. The number of benzene rings is 3. The van der Waals surface area contributed by atoms with Crippen LogP contribution in [0.4, 0.5) is 5.69 Å². The van der Waals surface area contributed by atoms with E-state index in [1.807, 2.05) is 59.5 Å². The number of ether oxygens (including phenoxy) is 1. The van der Waals surface area contributed by atoms with Crippen molar-refractivity contribution in [1.29, 1.82) is 0 Å². The van der Waals surface area contributed by atoms with E-state index in [9.17, 15) is 4.79 Å². The molecule has 0 spiro atoms. The van der Waals surface area contributed by atoms with Crippen molar-refractivity contribution in [2.24, 2.45) is 0 Å². The van der Waals surface area contributed by atoms with Crippen LogP contribution < -0.4 is 10.1 Å². The van der Waals surface area contributed by atoms with Crippen LogP contribution in [-0.4, -0.2) is 17.4 Å². The average molecular weight is 415 g/mol. The molecule has 0 aromatic heterocycles. The largest absolute Gasteiger partial charge is 0.494 e. The highest BCUT2D eigenvalue weighted by atomic mass is 16.5. The van der Waals surface area contributed by atoms with Crippen LogP contribution in [0.25, 0.3) is 0 Å². The van der Waals surface area contributed by atoms with Gasteiger partial charge >= 0.3 is 0 Å². The molecule has 1 atom stereocenters. The number of carbonyl (C=O) groups is 1. The van der Waals surface area contributed by atoms with Gasteiger partial charge in [-0.05, 0) is 41.8 Å². The van der Waals surface area contributed by atoms with Gasteiger partial charge in [0.25, 0.3) is 5.91 Å². The number of rotatable bonds is 9. The van der Waals surface area contributed by atoms with Crippen LogP contribution in [0.1, 0.15) is 60.3 Å². The maximum Gasteiger partial charge on any atom is 0.258 e. The monoisotopic (exact) mass is 414 g/mol. The Labute approximate surface area is 184 Å². The van der Waals surface area contributed by atoms with Crippen LogP contribution in [0.15, 0.2) is 78.9 Å². The van der Waals surface area contributed by atoms with Gasteiger partial charge in [-0.15, -0.1) is 0 Å². The lowest BCUT2D eigenvalue weighted by molar-refractivity contribution is 0.0666. The van der Waals surface area contributed by atoms with Crippen molar-refractivity contribution in [2.75, 3.05) is 11.9 Å². The molecule has 1 N–H and O–H groups in total. The number of anilines is 1. The highest BCUT2D eigenvalue weighted by Gasteiger charge is 2.32. The Kier molecular flexibility index (Phi) is 6.88. The van der Waals surface area contributed by atoms with Gasteiger partial charge in [-0.2, -0.15) is 0 Å². The van der Waals surface area contributed by atoms with Crippen LogP contribution in [0, 0.1) is 0 Å².